The zero-order valence-electron chi connectivity index (χ0n) is 26.0. The first-order chi connectivity index (χ1) is 22.5. The molecule has 6 rings (SSSR count). The predicted octanol–water partition coefficient (Wildman–Crippen LogP) is 8.01. The van der Waals surface area contributed by atoms with Crippen LogP contribution in [0.15, 0.2) is 83.8 Å². The molecule has 0 atom stereocenters. The van der Waals surface area contributed by atoms with Crippen LogP contribution < -0.4 is 19.6 Å². The number of hydrogen-bond donors (Lipinski definition) is 0. The highest BCUT2D eigenvalue weighted by atomic mass is 35.5. The SMILES string of the molecule is CCCCCCOc1ccc(-c2nc3s/c(=C\c4cn(-c5ccccc5)nc4-c4ccc(OCCCC)c(Cl)c4)c(=O)n3n2)cc1. The molecule has 0 unspecified atom stereocenters. The summed E-state index contributed by atoms with van der Waals surface area (Å²) in [4.78, 5) is 18.7. The van der Waals surface area contributed by atoms with Crippen molar-refractivity contribution in [1.29, 1.82) is 0 Å². The van der Waals surface area contributed by atoms with Gasteiger partial charge in [-0.05, 0) is 73.5 Å². The molecule has 0 radical (unpaired) electrons. The van der Waals surface area contributed by atoms with Crippen molar-refractivity contribution >= 4 is 34.0 Å². The molecular weight excluding hydrogens is 618 g/mol. The van der Waals surface area contributed by atoms with Gasteiger partial charge in [-0.15, -0.1) is 5.10 Å². The van der Waals surface area contributed by atoms with Gasteiger partial charge in [0.05, 0.1) is 28.5 Å². The maximum Gasteiger partial charge on any atom is 0.291 e. The summed E-state index contributed by atoms with van der Waals surface area (Å²) in [7, 11) is 0. The summed E-state index contributed by atoms with van der Waals surface area (Å²) in [6.07, 6.45) is 10.4. The van der Waals surface area contributed by atoms with Crippen LogP contribution in [-0.2, 0) is 0 Å². The van der Waals surface area contributed by atoms with E-state index in [9.17, 15) is 4.79 Å². The summed E-state index contributed by atoms with van der Waals surface area (Å²) in [6, 6.07) is 23.2. The van der Waals surface area contributed by atoms with Crippen molar-refractivity contribution in [3.8, 4) is 39.8 Å². The Morgan fingerprint density at radius 2 is 1.61 bits per heavy atom. The van der Waals surface area contributed by atoms with E-state index in [1.54, 1.807) is 4.68 Å². The first kappa shape index (κ1) is 31.5. The van der Waals surface area contributed by atoms with E-state index in [1.807, 2.05) is 85.1 Å². The van der Waals surface area contributed by atoms with E-state index < -0.39 is 0 Å². The van der Waals surface area contributed by atoms with Gasteiger partial charge in [-0.25, -0.2) is 4.68 Å². The fourth-order valence-corrected chi connectivity index (χ4v) is 6.17. The van der Waals surface area contributed by atoms with Gasteiger partial charge in [-0.3, -0.25) is 4.79 Å². The van der Waals surface area contributed by atoms with Crippen molar-refractivity contribution in [1.82, 2.24) is 24.4 Å². The van der Waals surface area contributed by atoms with Crippen molar-refractivity contribution < 1.29 is 9.47 Å². The quantitative estimate of drug-likeness (QED) is 0.111. The minimum absolute atomic E-state index is 0.234. The third-order valence-corrected chi connectivity index (χ3v) is 8.83. The Morgan fingerprint density at radius 3 is 2.35 bits per heavy atom. The Morgan fingerprint density at radius 1 is 0.848 bits per heavy atom. The van der Waals surface area contributed by atoms with Crippen molar-refractivity contribution in [2.24, 2.45) is 0 Å². The molecule has 3 aromatic heterocycles. The maximum atomic E-state index is 13.5. The van der Waals surface area contributed by atoms with E-state index in [1.165, 1.54) is 35.1 Å². The first-order valence-corrected chi connectivity index (χ1v) is 17.0. The number of fused-ring (bicyclic) bond motifs is 1. The number of aromatic nitrogens is 5. The third-order valence-electron chi connectivity index (χ3n) is 7.57. The lowest BCUT2D eigenvalue weighted by Crippen LogP contribution is -2.23. The van der Waals surface area contributed by atoms with E-state index >= 15 is 0 Å². The van der Waals surface area contributed by atoms with Gasteiger partial charge in [-0.2, -0.15) is 14.6 Å². The van der Waals surface area contributed by atoms with E-state index in [4.69, 9.17) is 26.2 Å². The smallest absolute Gasteiger partial charge is 0.291 e. The van der Waals surface area contributed by atoms with Gasteiger partial charge in [0.2, 0.25) is 4.96 Å². The number of rotatable bonds is 14. The molecule has 10 heteroatoms. The summed E-state index contributed by atoms with van der Waals surface area (Å²) in [5.74, 6) is 1.95. The van der Waals surface area contributed by atoms with Crippen LogP contribution in [0, 0.1) is 0 Å². The summed E-state index contributed by atoms with van der Waals surface area (Å²) < 4.78 is 15.4. The lowest BCUT2D eigenvalue weighted by atomic mass is 10.1. The van der Waals surface area contributed by atoms with Gasteiger partial charge in [0.15, 0.2) is 5.82 Å². The number of unbranched alkanes of at least 4 members (excludes halogenated alkanes) is 4. The van der Waals surface area contributed by atoms with E-state index in [0.29, 0.717) is 45.0 Å². The largest absolute Gasteiger partial charge is 0.494 e. The Balaban J connectivity index is 1.30. The van der Waals surface area contributed by atoms with E-state index in [2.05, 4.69) is 23.9 Å². The van der Waals surface area contributed by atoms with E-state index in [0.717, 1.165) is 47.4 Å². The van der Waals surface area contributed by atoms with Gasteiger partial charge >= 0.3 is 0 Å². The summed E-state index contributed by atoms with van der Waals surface area (Å²) in [6.45, 7) is 5.63. The Bertz CT molecular complexity index is 2020. The molecule has 0 spiro atoms. The second-order valence-corrected chi connectivity index (χ2v) is 12.5. The van der Waals surface area contributed by atoms with Crippen molar-refractivity contribution in [3.63, 3.8) is 0 Å². The molecule has 0 fully saturated rings. The number of thiazole rings is 1. The Hall–Kier alpha value is -4.47. The van der Waals surface area contributed by atoms with Crippen molar-refractivity contribution in [3.05, 3.63) is 104 Å². The van der Waals surface area contributed by atoms with Gasteiger partial charge < -0.3 is 9.47 Å². The topological polar surface area (TPSA) is 83.5 Å². The first-order valence-electron chi connectivity index (χ1n) is 15.8. The molecule has 0 aliphatic carbocycles. The summed E-state index contributed by atoms with van der Waals surface area (Å²) >= 11 is 7.92. The van der Waals surface area contributed by atoms with Gasteiger partial charge in [0.25, 0.3) is 5.56 Å². The fraction of sp³-hybridized carbons (Fsp3) is 0.278. The van der Waals surface area contributed by atoms with Crippen molar-refractivity contribution in [2.45, 2.75) is 52.4 Å². The van der Waals surface area contributed by atoms with Crippen LogP contribution in [0.25, 0.3) is 39.4 Å². The minimum Gasteiger partial charge on any atom is -0.494 e. The standard InChI is InChI=1S/C36H36ClN5O3S/c1-3-5-7-11-21-44-29-17-14-25(15-18-29)34-38-36-42(40-34)35(43)32(46-36)23-27-24-41(28-12-9-8-10-13-28)39-33(27)26-16-19-31(30(37)22-26)45-20-6-4-2/h8-10,12-19,22-24H,3-7,11,20-21H2,1-2H3/b32-23-. The van der Waals surface area contributed by atoms with Gasteiger partial charge in [-0.1, -0.05) is 80.7 Å². The molecule has 0 aliphatic rings. The number of para-hydroxylation sites is 1. The highest BCUT2D eigenvalue weighted by Crippen LogP contribution is 2.32. The maximum absolute atomic E-state index is 13.5. The van der Waals surface area contributed by atoms with Crippen molar-refractivity contribution in [2.75, 3.05) is 13.2 Å². The molecule has 3 heterocycles. The predicted molar refractivity (Wildman–Crippen MR) is 185 cm³/mol. The molecule has 236 valence electrons. The molecule has 0 amide bonds. The van der Waals surface area contributed by atoms with Crippen LogP contribution in [0.5, 0.6) is 11.5 Å². The Labute approximate surface area is 276 Å². The normalized spacial score (nSPS) is 11.8. The molecule has 0 bridgehead atoms. The molecular formula is C36H36ClN5O3S. The third kappa shape index (κ3) is 7.16. The van der Waals surface area contributed by atoms with Crippen LogP contribution in [0.3, 0.4) is 0 Å². The minimum atomic E-state index is -0.234. The highest BCUT2D eigenvalue weighted by molar-refractivity contribution is 7.15. The molecule has 0 saturated heterocycles. The van der Waals surface area contributed by atoms with Crippen LogP contribution >= 0.6 is 22.9 Å². The number of hydrogen-bond acceptors (Lipinski definition) is 7. The molecule has 0 aliphatic heterocycles. The molecule has 6 aromatic rings. The summed E-state index contributed by atoms with van der Waals surface area (Å²) in [5, 5.41) is 9.95. The lowest BCUT2D eigenvalue weighted by Gasteiger charge is -2.09. The van der Waals surface area contributed by atoms with Crippen LogP contribution in [0.1, 0.15) is 57.9 Å². The number of benzene rings is 3. The van der Waals surface area contributed by atoms with Crippen LogP contribution in [-0.4, -0.2) is 37.6 Å². The number of ether oxygens (including phenoxy) is 2. The van der Waals surface area contributed by atoms with Gasteiger partial charge in [0.1, 0.15) is 17.2 Å². The molecule has 3 aromatic carbocycles. The molecule has 8 nitrogen and oxygen atoms in total. The second kappa shape index (κ2) is 14.7. The molecule has 0 N–H and O–H groups in total. The zero-order chi connectivity index (χ0) is 31.9. The second-order valence-electron chi connectivity index (χ2n) is 11.0. The zero-order valence-corrected chi connectivity index (χ0v) is 27.6. The fourth-order valence-electron chi connectivity index (χ4n) is 5.04. The molecule has 46 heavy (non-hydrogen) atoms. The lowest BCUT2D eigenvalue weighted by molar-refractivity contribution is 0.305. The highest BCUT2D eigenvalue weighted by Gasteiger charge is 2.16. The average Bonchev–Trinajstić information content (AvgIpc) is 3.77. The number of halogens is 1. The Kier molecular flexibility index (Phi) is 10.1. The monoisotopic (exact) mass is 653 g/mol. The molecule has 0 saturated carbocycles. The summed E-state index contributed by atoms with van der Waals surface area (Å²) in [5.41, 5.74) is 3.77. The van der Waals surface area contributed by atoms with Crippen LogP contribution in [0.4, 0.5) is 0 Å². The van der Waals surface area contributed by atoms with Crippen LogP contribution in [0.2, 0.25) is 5.02 Å². The van der Waals surface area contributed by atoms with E-state index in [-0.39, 0.29) is 5.56 Å². The average molecular weight is 654 g/mol. The number of nitrogens with zero attached hydrogens (tertiary/aromatic N) is 5. The van der Waals surface area contributed by atoms with Gasteiger partial charge in [0, 0.05) is 22.9 Å².